The molecular formula is C20H18ClN3O4. The minimum absolute atomic E-state index is 0.163. The fraction of sp³-hybridized carbons (Fsp3) is 0.200. The molecule has 3 rings (SSSR count). The average molecular weight is 400 g/mol. The van der Waals surface area contributed by atoms with Gasteiger partial charge >= 0.3 is 5.97 Å². The number of anilines is 2. The van der Waals surface area contributed by atoms with Gasteiger partial charge in [0.05, 0.1) is 29.1 Å². The maximum Gasteiger partial charge on any atom is 0.337 e. The van der Waals surface area contributed by atoms with Gasteiger partial charge in [0.1, 0.15) is 5.71 Å². The van der Waals surface area contributed by atoms with Crippen LogP contribution in [-0.2, 0) is 14.3 Å². The van der Waals surface area contributed by atoms with Crippen LogP contribution in [-0.4, -0.2) is 30.6 Å². The number of hydrogen-bond donors (Lipinski definition) is 1. The number of methoxy groups -OCH3 is 1. The molecule has 0 radical (unpaired) electrons. The second-order valence-electron chi connectivity index (χ2n) is 6.23. The molecular weight excluding hydrogens is 382 g/mol. The topological polar surface area (TPSA) is 88.1 Å². The molecule has 0 bridgehead atoms. The van der Waals surface area contributed by atoms with Crippen molar-refractivity contribution in [1.82, 2.24) is 0 Å². The van der Waals surface area contributed by atoms with Crippen LogP contribution in [0, 0.1) is 6.92 Å². The zero-order chi connectivity index (χ0) is 20.3. The molecule has 28 heavy (non-hydrogen) atoms. The van der Waals surface area contributed by atoms with Gasteiger partial charge in [0.15, 0.2) is 0 Å². The molecule has 0 saturated heterocycles. The second-order valence-corrected chi connectivity index (χ2v) is 6.64. The molecule has 1 aliphatic heterocycles. The van der Waals surface area contributed by atoms with Crippen LogP contribution in [0.5, 0.6) is 0 Å². The molecule has 1 heterocycles. The summed E-state index contributed by atoms with van der Waals surface area (Å²) >= 11 is 6.12. The standard InChI is InChI=1S/C20H18ClN3O4/c1-12-4-3-5-14(10-12)24-18(25)9-8-16(23-24)19(26)22-17-11-13(20(27)28-2)6-7-15(17)21/h3-7,10-11H,8-9H2,1-2H3,(H,22,26). The number of aryl methyl sites for hydroxylation is 1. The molecule has 2 aromatic carbocycles. The number of nitrogens with one attached hydrogen (secondary N) is 1. The number of esters is 1. The number of halogens is 1. The first kappa shape index (κ1) is 19.6. The first-order valence-electron chi connectivity index (χ1n) is 8.55. The lowest BCUT2D eigenvalue weighted by molar-refractivity contribution is -0.118. The van der Waals surface area contributed by atoms with Gasteiger partial charge in [0.25, 0.3) is 5.91 Å². The lowest BCUT2D eigenvalue weighted by atomic mass is 10.1. The summed E-state index contributed by atoms with van der Waals surface area (Å²) in [4.78, 5) is 36.6. The van der Waals surface area contributed by atoms with Crippen LogP contribution in [0.15, 0.2) is 47.6 Å². The highest BCUT2D eigenvalue weighted by molar-refractivity contribution is 6.45. The van der Waals surface area contributed by atoms with E-state index in [4.69, 9.17) is 11.6 Å². The number of carbonyl (C=O) groups is 3. The molecule has 7 nitrogen and oxygen atoms in total. The summed E-state index contributed by atoms with van der Waals surface area (Å²) in [5.41, 5.74) is 2.28. The van der Waals surface area contributed by atoms with Crippen molar-refractivity contribution in [1.29, 1.82) is 0 Å². The summed E-state index contributed by atoms with van der Waals surface area (Å²) < 4.78 is 4.67. The SMILES string of the molecule is COC(=O)c1ccc(Cl)c(NC(=O)C2=NN(c3cccc(C)c3)C(=O)CC2)c1. The Morgan fingerprint density at radius 1 is 1.18 bits per heavy atom. The smallest absolute Gasteiger partial charge is 0.337 e. The fourth-order valence-corrected chi connectivity index (χ4v) is 2.90. The van der Waals surface area contributed by atoms with E-state index in [1.807, 2.05) is 25.1 Å². The Morgan fingerprint density at radius 2 is 1.96 bits per heavy atom. The summed E-state index contributed by atoms with van der Waals surface area (Å²) in [5.74, 6) is -1.22. The van der Waals surface area contributed by atoms with Crippen LogP contribution in [0.25, 0.3) is 0 Å². The highest BCUT2D eigenvalue weighted by atomic mass is 35.5. The van der Waals surface area contributed by atoms with E-state index < -0.39 is 11.9 Å². The van der Waals surface area contributed by atoms with Crippen LogP contribution >= 0.6 is 11.6 Å². The number of ether oxygens (including phenoxy) is 1. The van der Waals surface area contributed by atoms with Gasteiger partial charge in [0, 0.05) is 12.8 Å². The van der Waals surface area contributed by atoms with Crippen molar-refractivity contribution >= 4 is 46.5 Å². The maximum absolute atomic E-state index is 12.7. The Kier molecular flexibility index (Phi) is 5.75. The summed E-state index contributed by atoms with van der Waals surface area (Å²) in [7, 11) is 1.27. The molecule has 1 aliphatic rings. The van der Waals surface area contributed by atoms with Gasteiger partial charge in [-0.25, -0.2) is 9.80 Å². The molecule has 2 aromatic rings. The van der Waals surface area contributed by atoms with Gasteiger partial charge in [0.2, 0.25) is 5.91 Å². The third-order valence-corrected chi connectivity index (χ3v) is 4.51. The zero-order valence-corrected chi connectivity index (χ0v) is 16.1. The van der Waals surface area contributed by atoms with Crippen molar-refractivity contribution in [3.05, 3.63) is 58.6 Å². The van der Waals surface area contributed by atoms with Gasteiger partial charge in [-0.1, -0.05) is 23.7 Å². The largest absolute Gasteiger partial charge is 0.465 e. The summed E-state index contributed by atoms with van der Waals surface area (Å²) in [6.45, 7) is 1.91. The van der Waals surface area contributed by atoms with E-state index in [1.54, 1.807) is 6.07 Å². The van der Waals surface area contributed by atoms with Crippen molar-refractivity contribution < 1.29 is 19.1 Å². The summed E-state index contributed by atoms with van der Waals surface area (Å²) in [5, 5.41) is 8.38. The van der Waals surface area contributed by atoms with Crippen LogP contribution in [0.4, 0.5) is 11.4 Å². The lowest BCUT2D eigenvalue weighted by Gasteiger charge is -2.23. The van der Waals surface area contributed by atoms with E-state index in [0.717, 1.165) is 5.56 Å². The number of benzene rings is 2. The van der Waals surface area contributed by atoms with E-state index in [9.17, 15) is 14.4 Å². The van der Waals surface area contributed by atoms with Gasteiger partial charge in [-0.05, 0) is 42.8 Å². The van der Waals surface area contributed by atoms with Crippen molar-refractivity contribution in [2.24, 2.45) is 5.10 Å². The average Bonchev–Trinajstić information content (AvgIpc) is 2.69. The van der Waals surface area contributed by atoms with Gasteiger partial charge in [-0.3, -0.25) is 9.59 Å². The number of hydrogen-bond acceptors (Lipinski definition) is 5. The third-order valence-electron chi connectivity index (χ3n) is 4.18. The summed E-state index contributed by atoms with van der Waals surface area (Å²) in [6.07, 6.45) is 0.372. The molecule has 0 aliphatic carbocycles. The fourth-order valence-electron chi connectivity index (χ4n) is 2.74. The highest BCUT2D eigenvalue weighted by Crippen LogP contribution is 2.25. The first-order chi connectivity index (χ1) is 13.4. The first-order valence-corrected chi connectivity index (χ1v) is 8.93. The van der Waals surface area contributed by atoms with Gasteiger partial charge < -0.3 is 10.1 Å². The molecule has 0 spiro atoms. The van der Waals surface area contributed by atoms with Crippen LogP contribution < -0.4 is 10.3 Å². The van der Waals surface area contributed by atoms with Crippen LogP contribution in [0.3, 0.4) is 0 Å². The molecule has 0 unspecified atom stereocenters. The van der Waals surface area contributed by atoms with Gasteiger partial charge in [-0.2, -0.15) is 5.10 Å². The molecule has 144 valence electrons. The van der Waals surface area contributed by atoms with Crippen molar-refractivity contribution in [2.45, 2.75) is 19.8 Å². The quantitative estimate of drug-likeness (QED) is 0.796. The predicted octanol–water partition coefficient (Wildman–Crippen LogP) is 3.56. The molecule has 0 fully saturated rings. The molecule has 1 N–H and O–H groups in total. The van der Waals surface area contributed by atoms with Gasteiger partial charge in [-0.15, -0.1) is 0 Å². The third kappa shape index (κ3) is 4.20. The monoisotopic (exact) mass is 399 g/mol. The van der Waals surface area contributed by atoms with Crippen LogP contribution in [0.1, 0.15) is 28.8 Å². The van der Waals surface area contributed by atoms with Crippen LogP contribution in [0.2, 0.25) is 5.02 Å². The second kappa shape index (κ2) is 8.22. The number of carbonyl (C=O) groups excluding carboxylic acids is 3. The van der Waals surface area contributed by atoms with Crippen molar-refractivity contribution in [3.63, 3.8) is 0 Å². The molecule has 0 saturated carbocycles. The van der Waals surface area contributed by atoms with E-state index >= 15 is 0 Å². The van der Waals surface area contributed by atoms with E-state index in [1.165, 1.54) is 30.3 Å². The summed E-state index contributed by atoms with van der Waals surface area (Å²) in [6, 6.07) is 11.7. The van der Waals surface area contributed by atoms with E-state index in [2.05, 4.69) is 15.2 Å². The minimum atomic E-state index is -0.543. The Bertz CT molecular complexity index is 987. The highest BCUT2D eigenvalue weighted by Gasteiger charge is 2.26. The van der Waals surface area contributed by atoms with Crippen molar-refractivity contribution in [3.8, 4) is 0 Å². The number of nitrogens with zero attached hydrogens (tertiary/aromatic N) is 2. The Morgan fingerprint density at radius 3 is 2.68 bits per heavy atom. The Hall–Kier alpha value is -3.19. The predicted molar refractivity (Wildman–Crippen MR) is 107 cm³/mol. The number of amides is 2. The molecule has 0 atom stereocenters. The molecule has 0 aromatic heterocycles. The number of rotatable bonds is 4. The van der Waals surface area contributed by atoms with Crippen molar-refractivity contribution in [2.75, 3.05) is 17.4 Å². The zero-order valence-electron chi connectivity index (χ0n) is 15.4. The molecule has 2 amide bonds. The van der Waals surface area contributed by atoms with E-state index in [0.29, 0.717) is 5.69 Å². The Balaban J connectivity index is 1.85. The lowest BCUT2D eigenvalue weighted by Crippen LogP contribution is -2.36. The maximum atomic E-state index is 12.7. The number of hydrazone groups is 1. The normalized spacial score (nSPS) is 13.8. The molecule has 8 heteroatoms. The minimum Gasteiger partial charge on any atom is -0.465 e. The van der Waals surface area contributed by atoms with E-state index in [-0.39, 0.29) is 40.7 Å². The Labute approximate surface area is 166 Å².